The van der Waals surface area contributed by atoms with Crippen LogP contribution in [-0.2, 0) is 0 Å². The molecule has 1 aromatic heterocycles. The molecule has 9 nitrogen and oxygen atoms in total. The first-order valence-electron chi connectivity index (χ1n) is 7.49. The number of nitrogen functional groups attached to an aromatic ring is 2. The van der Waals surface area contributed by atoms with Gasteiger partial charge >= 0.3 is 5.76 Å². The van der Waals surface area contributed by atoms with Gasteiger partial charge in [0.25, 0.3) is 11.8 Å². The molecule has 0 aliphatic rings. The zero-order valence-corrected chi connectivity index (χ0v) is 13.4. The second-order valence-electron chi connectivity index (χ2n) is 5.32. The summed E-state index contributed by atoms with van der Waals surface area (Å²) in [5.74, 6) is 9.04. The number of carbonyl (C=O) groups is 2. The summed E-state index contributed by atoms with van der Waals surface area (Å²) < 4.78 is 5.25. The van der Waals surface area contributed by atoms with Crippen molar-refractivity contribution < 1.29 is 14.0 Å². The Kier molecular flexibility index (Phi) is 4.65. The third-order valence-electron chi connectivity index (χ3n) is 3.76. The standard InChI is InChI=1S/C17H15N5O4/c18-21-15(23)11-5-1-9(2-6-11)13-14(26-17(25)20-13)10-3-7-12(8-4-10)16(24)22-19/h1-8H,18-19H2,(H,20,25)(H,21,23)(H,22,24). The van der Waals surface area contributed by atoms with Crippen molar-refractivity contribution in [3.8, 4) is 22.6 Å². The minimum atomic E-state index is -0.623. The summed E-state index contributed by atoms with van der Waals surface area (Å²) in [6.07, 6.45) is 0. The number of benzene rings is 2. The smallest absolute Gasteiger partial charge is 0.407 e. The van der Waals surface area contributed by atoms with E-state index in [0.29, 0.717) is 33.7 Å². The molecule has 2 amide bonds. The Hall–Kier alpha value is -3.69. The van der Waals surface area contributed by atoms with Crippen molar-refractivity contribution in [2.75, 3.05) is 0 Å². The van der Waals surface area contributed by atoms with Crippen molar-refractivity contribution in [3.05, 3.63) is 70.2 Å². The van der Waals surface area contributed by atoms with E-state index in [1.807, 2.05) is 10.9 Å². The molecular weight excluding hydrogens is 338 g/mol. The number of aromatic amines is 1. The van der Waals surface area contributed by atoms with Crippen molar-refractivity contribution >= 4 is 11.8 Å². The second kappa shape index (κ2) is 7.05. The summed E-state index contributed by atoms with van der Waals surface area (Å²) in [6.45, 7) is 0. The van der Waals surface area contributed by atoms with Crippen LogP contribution in [0.1, 0.15) is 20.7 Å². The van der Waals surface area contributed by atoms with Crippen molar-refractivity contribution in [1.29, 1.82) is 0 Å². The van der Waals surface area contributed by atoms with E-state index in [0.717, 1.165) is 0 Å². The van der Waals surface area contributed by atoms with Gasteiger partial charge in [0, 0.05) is 22.3 Å². The average Bonchev–Trinajstić information content (AvgIpc) is 3.08. The van der Waals surface area contributed by atoms with E-state index in [-0.39, 0.29) is 0 Å². The molecule has 7 N–H and O–H groups in total. The van der Waals surface area contributed by atoms with Crippen LogP contribution in [0.4, 0.5) is 0 Å². The third-order valence-corrected chi connectivity index (χ3v) is 3.76. The Bertz CT molecular complexity index is 923. The normalized spacial score (nSPS) is 10.4. The molecule has 132 valence electrons. The fourth-order valence-corrected chi connectivity index (χ4v) is 2.46. The third kappa shape index (κ3) is 3.24. The topological polar surface area (TPSA) is 156 Å². The van der Waals surface area contributed by atoms with Gasteiger partial charge < -0.3 is 4.42 Å². The molecule has 3 rings (SSSR count). The van der Waals surface area contributed by atoms with Crippen LogP contribution in [-0.4, -0.2) is 16.8 Å². The lowest BCUT2D eigenvalue weighted by Crippen LogP contribution is -2.29. The first-order valence-corrected chi connectivity index (χ1v) is 7.49. The van der Waals surface area contributed by atoms with Gasteiger partial charge in [0.15, 0.2) is 5.76 Å². The maximum absolute atomic E-state index is 11.7. The molecule has 0 aliphatic heterocycles. The Morgan fingerprint density at radius 2 is 1.27 bits per heavy atom. The number of hydrazine groups is 2. The van der Waals surface area contributed by atoms with Crippen LogP contribution in [0.5, 0.6) is 0 Å². The van der Waals surface area contributed by atoms with Gasteiger partial charge in [-0.05, 0) is 24.3 Å². The lowest BCUT2D eigenvalue weighted by Gasteiger charge is -2.05. The van der Waals surface area contributed by atoms with E-state index in [1.165, 1.54) is 0 Å². The maximum atomic E-state index is 11.7. The molecular formula is C17H15N5O4. The summed E-state index contributed by atoms with van der Waals surface area (Å²) in [6, 6.07) is 12.8. The lowest BCUT2D eigenvalue weighted by atomic mass is 10.0. The number of nitrogens with two attached hydrogens (primary N) is 2. The Balaban J connectivity index is 1.99. The predicted octanol–water partition coefficient (Wildman–Crippen LogP) is 0.509. The molecule has 0 aliphatic carbocycles. The average molecular weight is 353 g/mol. The Morgan fingerprint density at radius 3 is 1.73 bits per heavy atom. The minimum absolute atomic E-state index is 0.311. The predicted molar refractivity (Wildman–Crippen MR) is 93.5 cm³/mol. The molecule has 0 saturated heterocycles. The molecule has 0 fully saturated rings. The van der Waals surface area contributed by atoms with E-state index in [2.05, 4.69) is 4.98 Å². The van der Waals surface area contributed by atoms with Crippen LogP contribution in [0.15, 0.2) is 57.7 Å². The number of nitrogens with one attached hydrogen (secondary N) is 3. The van der Waals surface area contributed by atoms with Gasteiger partial charge in [-0.2, -0.15) is 0 Å². The van der Waals surface area contributed by atoms with Gasteiger partial charge in [0.2, 0.25) is 0 Å². The SMILES string of the molecule is NNC(=O)c1ccc(-c2[nH]c(=O)oc2-c2ccc(C(=O)NN)cc2)cc1. The summed E-state index contributed by atoms with van der Waals surface area (Å²) >= 11 is 0. The molecule has 26 heavy (non-hydrogen) atoms. The fourth-order valence-electron chi connectivity index (χ4n) is 2.46. The highest BCUT2D eigenvalue weighted by Gasteiger charge is 2.15. The van der Waals surface area contributed by atoms with Crippen molar-refractivity contribution in [2.24, 2.45) is 11.7 Å². The molecule has 9 heteroatoms. The summed E-state index contributed by atoms with van der Waals surface area (Å²) in [5.41, 5.74) is 6.51. The Labute approximate surface area is 146 Å². The molecule has 0 atom stereocenters. The number of amides is 2. The molecule has 0 bridgehead atoms. The molecule has 1 heterocycles. The monoisotopic (exact) mass is 353 g/mol. The second-order valence-corrected chi connectivity index (χ2v) is 5.32. The first-order chi connectivity index (χ1) is 12.5. The fraction of sp³-hybridized carbons (Fsp3) is 0. The van der Waals surface area contributed by atoms with Gasteiger partial charge in [0.05, 0.1) is 5.69 Å². The molecule has 3 aromatic rings. The summed E-state index contributed by atoms with van der Waals surface area (Å²) in [5, 5.41) is 0. The number of hydrogen-bond acceptors (Lipinski definition) is 6. The van der Waals surface area contributed by atoms with E-state index in [9.17, 15) is 14.4 Å². The van der Waals surface area contributed by atoms with Crippen LogP contribution in [0.2, 0.25) is 0 Å². The van der Waals surface area contributed by atoms with Gasteiger partial charge in [-0.15, -0.1) is 0 Å². The number of rotatable bonds is 4. The highest BCUT2D eigenvalue weighted by Crippen LogP contribution is 2.30. The molecule has 0 saturated carbocycles. The maximum Gasteiger partial charge on any atom is 0.417 e. The Morgan fingerprint density at radius 1 is 0.808 bits per heavy atom. The molecule has 0 unspecified atom stereocenters. The van der Waals surface area contributed by atoms with E-state index < -0.39 is 17.6 Å². The van der Waals surface area contributed by atoms with Crippen LogP contribution in [0.3, 0.4) is 0 Å². The zero-order chi connectivity index (χ0) is 18.7. The van der Waals surface area contributed by atoms with Gasteiger partial charge in [-0.1, -0.05) is 24.3 Å². The van der Waals surface area contributed by atoms with Crippen molar-refractivity contribution in [2.45, 2.75) is 0 Å². The van der Waals surface area contributed by atoms with Crippen LogP contribution < -0.4 is 28.3 Å². The highest BCUT2D eigenvalue weighted by molar-refractivity contribution is 5.95. The quantitative estimate of drug-likeness (QED) is 0.261. The lowest BCUT2D eigenvalue weighted by molar-refractivity contribution is 0.0945. The van der Waals surface area contributed by atoms with Crippen LogP contribution in [0, 0.1) is 0 Å². The summed E-state index contributed by atoms with van der Waals surface area (Å²) in [7, 11) is 0. The largest absolute Gasteiger partial charge is 0.417 e. The van der Waals surface area contributed by atoms with Gasteiger partial charge in [-0.3, -0.25) is 25.4 Å². The minimum Gasteiger partial charge on any atom is -0.407 e. The van der Waals surface area contributed by atoms with E-state index >= 15 is 0 Å². The van der Waals surface area contributed by atoms with Crippen molar-refractivity contribution in [3.63, 3.8) is 0 Å². The van der Waals surface area contributed by atoms with Gasteiger partial charge in [0.1, 0.15) is 0 Å². The number of H-pyrrole nitrogens is 1. The van der Waals surface area contributed by atoms with E-state index in [4.69, 9.17) is 16.1 Å². The number of hydrogen-bond donors (Lipinski definition) is 5. The zero-order valence-electron chi connectivity index (χ0n) is 13.4. The van der Waals surface area contributed by atoms with Crippen LogP contribution in [0.25, 0.3) is 22.6 Å². The first kappa shape index (κ1) is 17.1. The number of carbonyl (C=O) groups excluding carboxylic acids is 2. The molecule has 2 aromatic carbocycles. The molecule has 0 radical (unpaired) electrons. The summed E-state index contributed by atoms with van der Waals surface area (Å²) in [4.78, 5) is 37.4. The highest BCUT2D eigenvalue weighted by atomic mass is 16.4. The van der Waals surface area contributed by atoms with Crippen molar-refractivity contribution in [1.82, 2.24) is 15.8 Å². The number of oxazole rings is 1. The van der Waals surface area contributed by atoms with Gasteiger partial charge in [-0.25, -0.2) is 16.5 Å². The van der Waals surface area contributed by atoms with Crippen LogP contribution >= 0.6 is 0 Å². The number of aromatic nitrogens is 1. The molecule has 0 spiro atoms. The van der Waals surface area contributed by atoms with E-state index in [1.54, 1.807) is 48.5 Å².